The molecule has 0 unspecified atom stereocenters. The molecule has 6 nitrogen and oxygen atoms in total. The van der Waals surface area contributed by atoms with Crippen LogP contribution >= 0.6 is 22.9 Å². The molecule has 0 aliphatic heterocycles. The predicted octanol–water partition coefficient (Wildman–Crippen LogP) is 4.89. The van der Waals surface area contributed by atoms with E-state index in [1.54, 1.807) is 29.6 Å². The molecule has 0 bridgehead atoms. The number of nitrogens with zero attached hydrogens (tertiary/aromatic N) is 1. The smallest absolute Gasteiger partial charge is 0.325 e. The van der Waals surface area contributed by atoms with Gasteiger partial charge in [-0.15, -0.1) is 11.3 Å². The van der Waals surface area contributed by atoms with E-state index in [1.807, 2.05) is 0 Å². The van der Waals surface area contributed by atoms with Gasteiger partial charge in [0.05, 0.1) is 0 Å². The number of benzene rings is 1. The van der Waals surface area contributed by atoms with Gasteiger partial charge in [0.25, 0.3) is 5.91 Å². The number of anilines is 2. The molecule has 1 fully saturated rings. The van der Waals surface area contributed by atoms with Crippen molar-refractivity contribution in [2.45, 2.75) is 44.6 Å². The summed E-state index contributed by atoms with van der Waals surface area (Å²) in [5, 5.41) is 10.9. The fourth-order valence-corrected chi connectivity index (χ4v) is 3.82. The van der Waals surface area contributed by atoms with Crippen LogP contribution in [0.3, 0.4) is 0 Å². The van der Waals surface area contributed by atoms with Gasteiger partial charge < -0.3 is 10.6 Å². The summed E-state index contributed by atoms with van der Waals surface area (Å²) in [5.41, 5.74) is 0.912. The van der Waals surface area contributed by atoms with E-state index in [0.29, 0.717) is 21.5 Å². The number of carbonyl (C=O) groups is 2. The minimum absolute atomic E-state index is 0.184. The van der Waals surface area contributed by atoms with Crippen molar-refractivity contribution in [1.82, 2.24) is 10.3 Å². The quantitative estimate of drug-likeness (QED) is 0.647. The average Bonchev–Trinajstić information content (AvgIpc) is 2.91. The SMILES string of the molecule is O=C(Nc1cccc(Cl)c1)Nc1nc(C(=O)NC2CCCCCC2)cs1. The van der Waals surface area contributed by atoms with Gasteiger partial charge >= 0.3 is 6.03 Å². The molecule has 0 spiro atoms. The van der Waals surface area contributed by atoms with Crippen LogP contribution in [-0.4, -0.2) is 23.0 Å². The Balaban J connectivity index is 1.53. The van der Waals surface area contributed by atoms with E-state index in [-0.39, 0.29) is 11.9 Å². The fourth-order valence-electron chi connectivity index (χ4n) is 2.94. The van der Waals surface area contributed by atoms with Crippen LogP contribution in [0.1, 0.15) is 49.0 Å². The first kappa shape index (κ1) is 18.7. The lowest BCUT2D eigenvalue weighted by Gasteiger charge is -2.15. The number of rotatable bonds is 4. The van der Waals surface area contributed by atoms with Crippen LogP contribution in [0, 0.1) is 0 Å². The van der Waals surface area contributed by atoms with E-state index in [9.17, 15) is 9.59 Å². The third-order valence-electron chi connectivity index (χ3n) is 4.23. The molecule has 1 aromatic carbocycles. The number of halogens is 1. The van der Waals surface area contributed by atoms with Gasteiger partial charge in [-0.3, -0.25) is 10.1 Å². The van der Waals surface area contributed by atoms with E-state index in [2.05, 4.69) is 20.9 Å². The minimum atomic E-state index is -0.433. The molecule has 1 aliphatic rings. The normalized spacial score (nSPS) is 15.1. The highest BCUT2D eigenvalue weighted by Gasteiger charge is 2.18. The zero-order valence-corrected chi connectivity index (χ0v) is 15.8. The van der Waals surface area contributed by atoms with Crippen molar-refractivity contribution in [3.05, 3.63) is 40.4 Å². The molecule has 26 heavy (non-hydrogen) atoms. The van der Waals surface area contributed by atoms with Gasteiger partial charge in [-0.05, 0) is 31.0 Å². The van der Waals surface area contributed by atoms with Gasteiger partial charge in [-0.25, -0.2) is 9.78 Å². The Morgan fingerprint density at radius 3 is 2.62 bits per heavy atom. The summed E-state index contributed by atoms with van der Waals surface area (Å²) in [4.78, 5) is 28.6. The van der Waals surface area contributed by atoms with Crippen molar-refractivity contribution in [3.63, 3.8) is 0 Å². The number of urea groups is 1. The molecule has 1 heterocycles. The molecule has 0 radical (unpaired) electrons. The lowest BCUT2D eigenvalue weighted by molar-refractivity contribution is 0.0929. The molecule has 138 valence electrons. The predicted molar refractivity (Wildman–Crippen MR) is 105 cm³/mol. The van der Waals surface area contributed by atoms with E-state index in [4.69, 9.17) is 11.6 Å². The van der Waals surface area contributed by atoms with Crippen LogP contribution in [0.25, 0.3) is 0 Å². The van der Waals surface area contributed by atoms with Gasteiger partial charge in [0.2, 0.25) is 0 Å². The van der Waals surface area contributed by atoms with E-state index < -0.39 is 6.03 Å². The first-order valence-corrected chi connectivity index (χ1v) is 9.96. The first-order valence-electron chi connectivity index (χ1n) is 8.70. The van der Waals surface area contributed by atoms with Crippen LogP contribution in [0.15, 0.2) is 29.6 Å². The fraction of sp³-hybridized carbons (Fsp3) is 0.389. The molecule has 0 saturated heterocycles. The standard InChI is InChI=1S/C18H21ClN4O2S/c19-12-6-5-9-14(10-12)21-17(25)23-18-22-15(11-26-18)16(24)20-13-7-3-1-2-4-8-13/h5-6,9-11,13H,1-4,7-8H2,(H,20,24)(H2,21,22,23,25). The van der Waals surface area contributed by atoms with Crippen LogP contribution in [0.4, 0.5) is 15.6 Å². The molecule has 1 aromatic heterocycles. The highest BCUT2D eigenvalue weighted by atomic mass is 35.5. The molecular formula is C18H21ClN4O2S. The van der Waals surface area contributed by atoms with Crippen molar-refractivity contribution in [1.29, 1.82) is 0 Å². The highest BCUT2D eigenvalue weighted by molar-refractivity contribution is 7.14. The van der Waals surface area contributed by atoms with Gasteiger partial charge in [0.1, 0.15) is 5.69 Å². The Hall–Kier alpha value is -2.12. The minimum Gasteiger partial charge on any atom is -0.348 e. The van der Waals surface area contributed by atoms with E-state index in [1.165, 1.54) is 24.2 Å². The van der Waals surface area contributed by atoms with Gasteiger partial charge in [0, 0.05) is 22.1 Å². The van der Waals surface area contributed by atoms with Crippen molar-refractivity contribution in [2.24, 2.45) is 0 Å². The molecular weight excluding hydrogens is 372 g/mol. The van der Waals surface area contributed by atoms with Crippen LogP contribution in [0.2, 0.25) is 5.02 Å². The zero-order valence-electron chi connectivity index (χ0n) is 14.3. The summed E-state index contributed by atoms with van der Waals surface area (Å²) in [6.07, 6.45) is 6.81. The molecule has 3 N–H and O–H groups in total. The molecule has 3 rings (SSSR count). The topological polar surface area (TPSA) is 83.1 Å². The summed E-state index contributed by atoms with van der Waals surface area (Å²) in [6, 6.07) is 6.64. The second-order valence-electron chi connectivity index (χ2n) is 6.29. The Kier molecular flexibility index (Phi) is 6.46. The number of amides is 3. The Bertz CT molecular complexity index is 772. The van der Waals surface area contributed by atoms with Gasteiger partial charge in [-0.1, -0.05) is 43.4 Å². The Labute approximate surface area is 161 Å². The van der Waals surface area contributed by atoms with Crippen LogP contribution in [0.5, 0.6) is 0 Å². The van der Waals surface area contributed by atoms with Crippen LogP contribution in [-0.2, 0) is 0 Å². The third kappa shape index (κ3) is 5.44. The maximum atomic E-state index is 12.3. The average molecular weight is 393 g/mol. The number of carbonyl (C=O) groups excluding carboxylic acids is 2. The number of hydrogen-bond acceptors (Lipinski definition) is 4. The second kappa shape index (κ2) is 9.00. The molecule has 8 heteroatoms. The largest absolute Gasteiger partial charge is 0.348 e. The molecule has 0 atom stereocenters. The molecule has 2 aromatic rings. The number of nitrogens with one attached hydrogen (secondary N) is 3. The van der Waals surface area contributed by atoms with Crippen molar-refractivity contribution in [3.8, 4) is 0 Å². The summed E-state index contributed by atoms with van der Waals surface area (Å²) in [6.45, 7) is 0. The summed E-state index contributed by atoms with van der Waals surface area (Å²) in [5.74, 6) is -0.184. The molecule has 1 saturated carbocycles. The number of thiazole rings is 1. The number of hydrogen-bond donors (Lipinski definition) is 3. The highest BCUT2D eigenvalue weighted by Crippen LogP contribution is 2.20. The monoisotopic (exact) mass is 392 g/mol. The van der Waals surface area contributed by atoms with E-state index in [0.717, 1.165) is 25.7 Å². The molecule has 1 aliphatic carbocycles. The second-order valence-corrected chi connectivity index (χ2v) is 7.58. The number of aromatic nitrogens is 1. The zero-order chi connectivity index (χ0) is 18.4. The van der Waals surface area contributed by atoms with Crippen LogP contribution < -0.4 is 16.0 Å². The maximum Gasteiger partial charge on any atom is 0.325 e. The summed E-state index contributed by atoms with van der Waals surface area (Å²) >= 11 is 7.11. The third-order valence-corrected chi connectivity index (χ3v) is 5.22. The van der Waals surface area contributed by atoms with Crippen molar-refractivity contribution < 1.29 is 9.59 Å². The van der Waals surface area contributed by atoms with Gasteiger partial charge in [-0.2, -0.15) is 0 Å². The first-order chi connectivity index (χ1) is 12.6. The van der Waals surface area contributed by atoms with Crippen molar-refractivity contribution >= 4 is 45.7 Å². The lowest BCUT2D eigenvalue weighted by atomic mass is 10.1. The van der Waals surface area contributed by atoms with E-state index >= 15 is 0 Å². The molecule has 3 amide bonds. The van der Waals surface area contributed by atoms with Gasteiger partial charge in [0.15, 0.2) is 5.13 Å². The maximum absolute atomic E-state index is 12.3. The Morgan fingerprint density at radius 2 is 1.88 bits per heavy atom. The Morgan fingerprint density at radius 1 is 1.12 bits per heavy atom. The summed E-state index contributed by atoms with van der Waals surface area (Å²) < 4.78 is 0. The summed E-state index contributed by atoms with van der Waals surface area (Å²) in [7, 11) is 0. The van der Waals surface area contributed by atoms with Crippen molar-refractivity contribution in [2.75, 3.05) is 10.6 Å². The lowest BCUT2D eigenvalue weighted by Crippen LogP contribution is -2.34.